The van der Waals surface area contributed by atoms with Crippen LogP contribution < -0.4 is 16.6 Å². The van der Waals surface area contributed by atoms with Crippen LogP contribution in [-0.4, -0.2) is 34.2 Å². The fraction of sp³-hybridized carbons (Fsp3) is 0.444. The van der Waals surface area contributed by atoms with Gasteiger partial charge in [0.05, 0.1) is 0 Å². The average molecular weight is 241 g/mol. The largest absolute Gasteiger partial charge is 0.350 e. The molecule has 6 nitrogen and oxygen atoms in total. The zero-order chi connectivity index (χ0) is 12.0. The van der Waals surface area contributed by atoms with Gasteiger partial charge >= 0.3 is 0 Å². The van der Waals surface area contributed by atoms with E-state index in [4.69, 9.17) is 5.84 Å². The van der Waals surface area contributed by atoms with Gasteiger partial charge in [-0.2, -0.15) is 11.8 Å². The van der Waals surface area contributed by atoms with Crippen LogP contribution >= 0.6 is 11.8 Å². The molecular formula is C9H15N5OS. The molecule has 0 aliphatic carbocycles. The Balaban J connectivity index is 2.52. The number of anilines is 1. The normalized spacial score (nSPS) is 11.9. The van der Waals surface area contributed by atoms with E-state index in [0.717, 1.165) is 0 Å². The molecule has 1 aromatic heterocycles. The zero-order valence-electron chi connectivity index (χ0n) is 9.23. The van der Waals surface area contributed by atoms with Gasteiger partial charge in [-0.25, -0.2) is 5.84 Å². The van der Waals surface area contributed by atoms with Crippen LogP contribution in [0, 0.1) is 0 Å². The molecule has 1 rings (SSSR count). The number of nitrogens with zero attached hydrogens (tertiary/aromatic N) is 2. The topological polar surface area (TPSA) is 92.9 Å². The molecule has 0 radical (unpaired) electrons. The molecule has 0 spiro atoms. The van der Waals surface area contributed by atoms with E-state index in [1.165, 1.54) is 0 Å². The van der Waals surface area contributed by atoms with Gasteiger partial charge in [-0.05, 0) is 18.4 Å². The summed E-state index contributed by atoms with van der Waals surface area (Å²) in [7, 11) is 0. The third-order valence-electron chi connectivity index (χ3n) is 2.00. The van der Waals surface area contributed by atoms with Crippen LogP contribution in [0.4, 0.5) is 5.82 Å². The van der Waals surface area contributed by atoms with E-state index in [2.05, 4.69) is 20.9 Å². The summed E-state index contributed by atoms with van der Waals surface area (Å²) in [5, 5.41) is 10.6. The van der Waals surface area contributed by atoms with Gasteiger partial charge in [0.2, 0.25) is 0 Å². The molecule has 1 atom stereocenters. The number of amides is 1. The molecule has 4 N–H and O–H groups in total. The lowest BCUT2D eigenvalue weighted by molar-refractivity contribution is 0.0948. The number of aromatic nitrogens is 2. The first-order valence-corrected chi connectivity index (χ1v) is 6.07. The van der Waals surface area contributed by atoms with E-state index in [1.54, 1.807) is 23.9 Å². The van der Waals surface area contributed by atoms with Gasteiger partial charge < -0.3 is 10.7 Å². The Labute approximate surface area is 98.4 Å². The first-order chi connectivity index (χ1) is 7.67. The quantitative estimate of drug-likeness (QED) is 0.505. The van der Waals surface area contributed by atoms with Crippen LogP contribution in [-0.2, 0) is 0 Å². The molecule has 16 heavy (non-hydrogen) atoms. The zero-order valence-corrected chi connectivity index (χ0v) is 10.0. The summed E-state index contributed by atoms with van der Waals surface area (Å²) in [5.74, 6) is 5.34. The number of nitrogen functional groups attached to an aromatic ring is 1. The van der Waals surface area contributed by atoms with Crippen LogP contribution in [0.25, 0.3) is 0 Å². The van der Waals surface area contributed by atoms with Crippen molar-refractivity contribution in [2.75, 3.05) is 18.2 Å². The Hall–Kier alpha value is -1.34. The molecule has 0 saturated heterocycles. The van der Waals surface area contributed by atoms with Gasteiger partial charge in [0, 0.05) is 11.8 Å². The second-order valence-corrected chi connectivity index (χ2v) is 4.48. The van der Waals surface area contributed by atoms with Crippen LogP contribution in [0.15, 0.2) is 12.1 Å². The predicted molar refractivity (Wildman–Crippen MR) is 65.2 cm³/mol. The lowest BCUT2D eigenvalue weighted by Gasteiger charge is -2.09. The Kier molecular flexibility index (Phi) is 5.00. The minimum Gasteiger partial charge on any atom is -0.350 e. The van der Waals surface area contributed by atoms with Crippen molar-refractivity contribution < 1.29 is 4.79 Å². The van der Waals surface area contributed by atoms with Crippen molar-refractivity contribution in [2.24, 2.45) is 5.84 Å². The number of hydrogen-bond donors (Lipinski definition) is 3. The van der Waals surface area contributed by atoms with Crippen molar-refractivity contribution in [3.05, 3.63) is 17.8 Å². The smallest absolute Gasteiger partial charge is 0.271 e. The van der Waals surface area contributed by atoms with Crippen molar-refractivity contribution in [1.82, 2.24) is 15.5 Å². The fourth-order valence-electron chi connectivity index (χ4n) is 0.941. The molecule has 1 amide bonds. The molecule has 1 unspecified atom stereocenters. The van der Waals surface area contributed by atoms with Gasteiger partial charge in [0.25, 0.3) is 5.91 Å². The Morgan fingerprint density at radius 2 is 2.31 bits per heavy atom. The van der Waals surface area contributed by atoms with E-state index < -0.39 is 0 Å². The van der Waals surface area contributed by atoms with Gasteiger partial charge in [0.15, 0.2) is 11.5 Å². The van der Waals surface area contributed by atoms with Crippen LogP contribution in [0.1, 0.15) is 17.4 Å². The summed E-state index contributed by atoms with van der Waals surface area (Å²) in [4.78, 5) is 11.6. The highest BCUT2D eigenvalue weighted by atomic mass is 32.2. The van der Waals surface area contributed by atoms with E-state index in [9.17, 15) is 4.79 Å². The number of carbonyl (C=O) groups excluding carboxylic acids is 1. The Morgan fingerprint density at radius 3 is 2.81 bits per heavy atom. The number of nitrogens with two attached hydrogens (primary N) is 1. The number of carbonyl (C=O) groups is 1. The molecule has 7 heteroatoms. The van der Waals surface area contributed by atoms with Gasteiger partial charge in [0.1, 0.15) is 0 Å². The first kappa shape index (κ1) is 12.7. The highest BCUT2D eigenvalue weighted by Gasteiger charge is 2.08. The maximum Gasteiger partial charge on any atom is 0.271 e. The molecular weight excluding hydrogens is 226 g/mol. The summed E-state index contributed by atoms with van der Waals surface area (Å²) >= 11 is 1.69. The molecule has 1 heterocycles. The van der Waals surface area contributed by atoms with Crippen molar-refractivity contribution in [3.8, 4) is 0 Å². The standard InChI is InChI=1S/C9H15N5OS/c1-6(16-2)5-11-9(15)7-3-4-8(12-10)14-13-7/h3-4,6H,5,10H2,1-2H3,(H,11,15)(H,12,14). The van der Waals surface area contributed by atoms with E-state index in [1.807, 2.05) is 13.2 Å². The second-order valence-electron chi connectivity index (χ2n) is 3.20. The minimum absolute atomic E-state index is 0.225. The average Bonchev–Trinajstić information content (AvgIpc) is 2.35. The number of hydrazine groups is 1. The molecule has 88 valence electrons. The van der Waals surface area contributed by atoms with Crippen molar-refractivity contribution in [3.63, 3.8) is 0 Å². The van der Waals surface area contributed by atoms with Gasteiger partial charge in [-0.3, -0.25) is 4.79 Å². The van der Waals surface area contributed by atoms with Gasteiger partial charge in [-0.1, -0.05) is 6.92 Å². The minimum atomic E-state index is -0.225. The molecule has 0 aromatic carbocycles. The molecule has 0 fully saturated rings. The van der Waals surface area contributed by atoms with Crippen molar-refractivity contribution >= 4 is 23.5 Å². The molecule has 0 bridgehead atoms. The summed E-state index contributed by atoms with van der Waals surface area (Å²) in [6.45, 7) is 2.65. The number of hydrogen-bond acceptors (Lipinski definition) is 6. The van der Waals surface area contributed by atoms with Gasteiger partial charge in [-0.15, -0.1) is 10.2 Å². The number of rotatable bonds is 5. The highest BCUT2D eigenvalue weighted by Crippen LogP contribution is 2.04. The van der Waals surface area contributed by atoms with E-state index in [0.29, 0.717) is 17.6 Å². The Bertz CT molecular complexity index is 342. The third-order valence-corrected chi connectivity index (χ3v) is 2.97. The molecule has 0 saturated carbocycles. The summed E-state index contributed by atoms with van der Waals surface area (Å²) in [6.07, 6.45) is 2.00. The maximum atomic E-state index is 11.6. The van der Waals surface area contributed by atoms with Crippen molar-refractivity contribution in [2.45, 2.75) is 12.2 Å². The lowest BCUT2D eigenvalue weighted by Crippen LogP contribution is -2.30. The Morgan fingerprint density at radius 1 is 1.56 bits per heavy atom. The van der Waals surface area contributed by atoms with E-state index >= 15 is 0 Å². The molecule has 0 aliphatic rings. The first-order valence-electron chi connectivity index (χ1n) is 4.78. The van der Waals surface area contributed by atoms with Crippen LogP contribution in [0.3, 0.4) is 0 Å². The monoisotopic (exact) mass is 241 g/mol. The SMILES string of the molecule is CSC(C)CNC(=O)c1ccc(NN)nn1. The molecule has 0 aliphatic heterocycles. The van der Waals surface area contributed by atoms with Crippen LogP contribution in [0.5, 0.6) is 0 Å². The number of thioether (sulfide) groups is 1. The maximum absolute atomic E-state index is 11.6. The predicted octanol–water partition coefficient (Wildman–Crippen LogP) is 0.243. The summed E-state index contributed by atoms with van der Waals surface area (Å²) < 4.78 is 0. The van der Waals surface area contributed by atoms with Crippen molar-refractivity contribution in [1.29, 1.82) is 0 Å². The lowest BCUT2D eigenvalue weighted by atomic mass is 10.3. The second kappa shape index (κ2) is 6.29. The van der Waals surface area contributed by atoms with Crippen LogP contribution in [0.2, 0.25) is 0 Å². The molecule has 1 aromatic rings. The van der Waals surface area contributed by atoms with E-state index in [-0.39, 0.29) is 11.6 Å². The summed E-state index contributed by atoms with van der Waals surface area (Å²) in [6, 6.07) is 3.17. The fourth-order valence-corrected chi connectivity index (χ4v) is 1.19. The summed E-state index contributed by atoms with van der Waals surface area (Å²) in [5.41, 5.74) is 2.63. The highest BCUT2D eigenvalue weighted by molar-refractivity contribution is 7.99. The third kappa shape index (κ3) is 3.67. The number of nitrogens with one attached hydrogen (secondary N) is 2.